The minimum atomic E-state index is -0.288. The molecule has 1 aromatic heterocycles. The number of nitriles is 1. The molecule has 5 heteroatoms. The van der Waals surface area contributed by atoms with E-state index in [0.29, 0.717) is 6.04 Å². The van der Waals surface area contributed by atoms with Crippen LogP contribution in [0.5, 0.6) is 5.75 Å². The normalized spacial score (nSPS) is 16.4. The van der Waals surface area contributed by atoms with Crippen LogP contribution < -0.4 is 4.74 Å². The molecule has 2 aromatic rings. The van der Waals surface area contributed by atoms with Crippen LogP contribution in [0.15, 0.2) is 18.2 Å². The lowest BCUT2D eigenvalue weighted by Gasteiger charge is -2.37. The molecule has 1 saturated heterocycles. The van der Waals surface area contributed by atoms with E-state index in [1.54, 1.807) is 7.11 Å². The Morgan fingerprint density at radius 3 is 2.08 bits per heavy atom. The summed E-state index contributed by atoms with van der Waals surface area (Å²) in [5.41, 5.74) is 3.23. The van der Waals surface area contributed by atoms with E-state index in [0.717, 1.165) is 66.9 Å². The van der Waals surface area contributed by atoms with Crippen LogP contribution in [0.25, 0.3) is 10.9 Å². The summed E-state index contributed by atoms with van der Waals surface area (Å²) in [5, 5.41) is 11.6. The number of H-pyrrole nitrogens is 1. The molecule has 0 radical (unpaired) electrons. The molecule has 3 rings (SSSR count). The molecule has 1 N–H and O–H groups in total. The summed E-state index contributed by atoms with van der Waals surface area (Å²) in [4.78, 5) is 5.95. The maximum atomic E-state index is 10.5. The number of unbranched alkanes of at least 4 members (excludes halogenated alkanes) is 15. The van der Waals surface area contributed by atoms with E-state index >= 15 is 0 Å². The van der Waals surface area contributed by atoms with Crippen molar-refractivity contribution >= 4 is 10.9 Å². The Bertz CT molecular complexity index is 988. The first kappa shape index (κ1) is 32.5. The number of hydrogen-bond acceptors (Lipinski definition) is 4. The molecule has 1 aromatic carbocycles. The van der Waals surface area contributed by atoms with Crippen molar-refractivity contribution in [2.24, 2.45) is 0 Å². The molecule has 1 aliphatic heterocycles. The van der Waals surface area contributed by atoms with Crippen molar-refractivity contribution in [1.29, 1.82) is 5.26 Å². The number of aromatic nitrogens is 1. The quantitative estimate of drug-likeness (QED) is 0.157. The zero-order chi connectivity index (χ0) is 28.4. The standard InChI is InChI=1S/C35H57N3O2/c1-4-5-6-7-8-9-10-11-12-13-14-15-16-17-18-19-24-38(30-21-20-25-40-28-30)34(27-36)35-29(2)37-33-23-22-31(39-3)26-32(33)35/h22-23,26,30,34,37H,4-21,24-25,28H2,1-3H3. The molecule has 0 saturated carbocycles. The molecular weight excluding hydrogens is 494 g/mol. The fourth-order valence-corrected chi connectivity index (χ4v) is 6.46. The van der Waals surface area contributed by atoms with E-state index in [9.17, 15) is 5.26 Å². The molecule has 0 amide bonds. The second-order valence-electron chi connectivity index (χ2n) is 12.0. The fraction of sp³-hybridized carbons (Fsp3) is 0.743. The van der Waals surface area contributed by atoms with Gasteiger partial charge >= 0.3 is 0 Å². The van der Waals surface area contributed by atoms with Crippen LogP contribution >= 0.6 is 0 Å². The predicted molar refractivity (Wildman–Crippen MR) is 168 cm³/mol. The highest BCUT2D eigenvalue weighted by Crippen LogP contribution is 2.35. The van der Waals surface area contributed by atoms with Crippen molar-refractivity contribution in [2.75, 3.05) is 26.9 Å². The fourth-order valence-electron chi connectivity index (χ4n) is 6.46. The minimum Gasteiger partial charge on any atom is -0.497 e. The van der Waals surface area contributed by atoms with Crippen LogP contribution in [0.2, 0.25) is 0 Å². The predicted octanol–water partition coefficient (Wildman–Crippen LogP) is 9.79. The molecule has 224 valence electrons. The summed E-state index contributed by atoms with van der Waals surface area (Å²) in [6.45, 7) is 6.89. The van der Waals surface area contributed by atoms with E-state index in [1.807, 2.05) is 6.07 Å². The van der Waals surface area contributed by atoms with Gasteiger partial charge in [-0.05, 0) is 44.4 Å². The molecule has 40 heavy (non-hydrogen) atoms. The monoisotopic (exact) mass is 551 g/mol. The van der Waals surface area contributed by atoms with Gasteiger partial charge in [-0.3, -0.25) is 4.90 Å². The van der Waals surface area contributed by atoms with Crippen molar-refractivity contribution in [1.82, 2.24) is 9.88 Å². The van der Waals surface area contributed by atoms with Gasteiger partial charge in [-0.1, -0.05) is 103 Å². The number of ether oxygens (including phenoxy) is 2. The zero-order valence-electron chi connectivity index (χ0n) is 25.9. The van der Waals surface area contributed by atoms with Gasteiger partial charge in [-0.2, -0.15) is 5.26 Å². The lowest BCUT2D eigenvalue weighted by Crippen LogP contribution is -2.43. The van der Waals surface area contributed by atoms with Crippen LogP contribution in [0.1, 0.15) is 140 Å². The molecule has 2 unspecified atom stereocenters. The molecule has 1 fully saturated rings. The largest absolute Gasteiger partial charge is 0.497 e. The summed E-state index contributed by atoms with van der Waals surface area (Å²) in [6, 6.07) is 8.80. The number of aromatic amines is 1. The Morgan fingerprint density at radius 2 is 1.55 bits per heavy atom. The zero-order valence-corrected chi connectivity index (χ0v) is 25.9. The maximum absolute atomic E-state index is 10.5. The second-order valence-corrected chi connectivity index (χ2v) is 12.0. The molecule has 0 spiro atoms. The molecule has 0 bridgehead atoms. The third-order valence-electron chi connectivity index (χ3n) is 8.85. The van der Waals surface area contributed by atoms with Crippen LogP contribution in [-0.4, -0.2) is 42.8 Å². The van der Waals surface area contributed by atoms with E-state index in [-0.39, 0.29) is 6.04 Å². The van der Waals surface area contributed by atoms with Gasteiger partial charge in [0.25, 0.3) is 0 Å². The highest BCUT2D eigenvalue weighted by molar-refractivity contribution is 5.87. The number of nitrogens with one attached hydrogen (secondary N) is 1. The summed E-state index contributed by atoms with van der Waals surface area (Å²) >= 11 is 0. The number of aryl methyl sites for hydroxylation is 1. The Kier molecular flexibility index (Phi) is 15.6. The molecule has 2 atom stereocenters. The van der Waals surface area contributed by atoms with Gasteiger partial charge in [-0.25, -0.2) is 0 Å². The third-order valence-corrected chi connectivity index (χ3v) is 8.85. The van der Waals surface area contributed by atoms with Crippen molar-refractivity contribution in [2.45, 2.75) is 142 Å². The Balaban J connectivity index is 1.41. The lowest BCUT2D eigenvalue weighted by molar-refractivity contribution is 0.00752. The van der Waals surface area contributed by atoms with Crippen molar-refractivity contribution in [3.8, 4) is 11.8 Å². The number of benzene rings is 1. The average Bonchev–Trinajstić information content (AvgIpc) is 3.31. The highest BCUT2D eigenvalue weighted by Gasteiger charge is 2.31. The molecule has 5 nitrogen and oxygen atoms in total. The molecule has 2 heterocycles. The van der Waals surface area contributed by atoms with E-state index in [2.05, 4.69) is 41.9 Å². The number of rotatable bonds is 21. The maximum Gasteiger partial charge on any atom is 0.126 e. The Morgan fingerprint density at radius 1 is 0.950 bits per heavy atom. The first-order valence-corrected chi connectivity index (χ1v) is 16.6. The number of fused-ring (bicyclic) bond motifs is 1. The van der Waals surface area contributed by atoms with E-state index in [4.69, 9.17) is 9.47 Å². The second kappa shape index (κ2) is 19.2. The number of nitrogens with zero attached hydrogens (tertiary/aromatic N) is 2. The van der Waals surface area contributed by atoms with Crippen molar-refractivity contribution < 1.29 is 9.47 Å². The van der Waals surface area contributed by atoms with Gasteiger partial charge in [0.05, 0.1) is 19.8 Å². The SMILES string of the molecule is CCCCCCCCCCCCCCCCCCN(C1CCCOC1)C(C#N)c1c(C)[nH]c2ccc(OC)cc12. The first-order valence-electron chi connectivity index (χ1n) is 16.6. The van der Waals surface area contributed by atoms with Crippen molar-refractivity contribution in [3.63, 3.8) is 0 Å². The summed E-state index contributed by atoms with van der Waals surface area (Å²) in [7, 11) is 1.70. The van der Waals surface area contributed by atoms with Gasteiger partial charge in [0.15, 0.2) is 0 Å². The Labute approximate surface area is 245 Å². The Hall–Kier alpha value is -2.03. The van der Waals surface area contributed by atoms with Gasteiger partial charge in [0, 0.05) is 41.4 Å². The smallest absolute Gasteiger partial charge is 0.126 e. The summed E-state index contributed by atoms with van der Waals surface area (Å²) < 4.78 is 11.4. The summed E-state index contributed by atoms with van der Waals surface area (Å²) in [6.07, 6.45) is 24.1. The minimum absolute atomic E-state index is 0.288. The van der Waals surface area contributed by atoms with E-state index in [1.165, 1.54) is 96.3 Å². The van der Waals surface area contributed by atoms with Gasteiger partial charge in [0.2, 0.25) is 0 Å². The molecular formula is C35H57N3O2. The van der Waals surface area contributed by atoms with Gasteiger partial charge in [0.1, 0.15) is 11.8 Å². The average molecular weight is 552 g/mol. The third kappa shape index (κ3) is 10.4. The topological polar surface area (TPSA) is 61.3 Å². The van der Waals surface area contributed by atoms with Crippen LogP contribution in [0, 0.1) is 18.3 Å². The molecule has 1 aliphatic rings. The highest BCUT2D eigenvalue weighted by atomic mass is 16.5. The van der Waals surface area contributed by atoms with Gasteiger partial charge in [-0.15, -0.1) is 0 Å². The van der Waals surface area contributed by atoms with Gasteiger partial charge < -0.3 is 14.5 Å². The first-order chi connectivity index (χ1) is 19.7. The lowest BCUT2D eigenvalue weighted by atomic mass is 9.98. The van der Waals surface area contributed by atoms with Crippen LogP contribution in [0.4, 0.5) is 0 Å². The number of hydrogen-bond donors (Lipinski definition) is 1. The molecule has 0 aliphatic carbocycles. The van der Waals surface area contributed by atoms with Crippen LogP contribution in [0.3, 0.4) is 0 Å². The van der Waals surface area contributed by atoms with Crippen molar-refractivity contribution in [3.05, 3.63) is 29.5 Å². The van der Waals surface area contributed by atoms with Crippen LogP contribution in [-0.2, 0) is 4.74 Å². The van der Waals surface area contributed by atoms with E-state index < -0.39 is 0 Å². The number of methoxy groups -OCH3 is 1. The summed E-state index contributed by atoms with van der Waals surface area (Å²) in [5.74, 6) is 0.829.